The van der Waals surface area contributed by atoms with Crippen molar-refractivity contribution in [2.45, 2.75) is 39.1 Å². The highest BCUT2D eigenvalue weighted by molar-refractivity contribution is 6.90. The van der Waals surface area contributed by atoms with Gasteiger partial charge in [-0.05, 0) is 141 Å². The van der Waals surface area contributed by atoms with E-state index in [0.29, 0.717) is 0 Å². The monoisotopic (exact) mass is 1070 g/mol. The molecule has 14 rings (SSSR count). The molecule has 0 amide bonds. The summed E-state index contributed by atoms with van der Waals surface area (Å²) in [5.41, 5.74) is 23.5. The maximum atomic E-state index is 6.93. The molecular formula is C78H64BN3O. The van der Waals surface area contributed by atoms with Gasteiger partial charge in [-0.3, -0.25) is 0 Å². The van der Waals surface area contributed by atoms with Crippen LogP contribution in [0.25, 0.3) is 88.3 Å². The van der Waals surface area contributed by atoms with Crippen molar-refractivity contribution in [3.63, 3.8) is 0 Å². The smallest absolute Gasteiger partial charge is 0.220 e. The van der Waals surface area contributed by atoms with Crippen molar-refractivity contribution in [2.24, 2.45) is 5.92 Å². The zero-order valence-corrected chi connectivity index (χ0v) is 47.5. The van der Waals surface area contributed by atoms with Crippen molar-refractivity contribution in [2.75, 3.05) is 16.8 Å². The Morgan fingerprint density at radius 2 is 1.20 bits per heavy atom. The summed E-state index contributed by atoms with van der Waals surface area (Å²) in [6, 6.07) is 82.5. The van der Waals surface area contributed by atoms with Crippen LogP contribution in [0.3, 0.4) is 0 Å². The summed E-state index contributed by atoms with van der Waals surface area (Å²) < 4.78 is 9.49. The third-order valence-corrected chi connectivity index (χ3v) is 18.0. The van der Waals surface area contributed by atoms with Gasteiger partial charge >= 0.3 is 0 Å². The highest BCUT2D eigenvalue weighted by atomic mass is 16.3. The number of furan rings is 1. The molecule has 1 unspecified atom stereocenters. The Morgan fingerprint density at radius 1 is 0.566 bits per heavy atom. The fourth-order valence-corrected chi connectivity index (χ4v) is 13.6. The zero-order chi connectivity index (χ0) is 56.3. The minimum atomic E-state index is -0.117. The largest absolute Gasteiger partial charge is 0.455 e. The third kappa shape index (κ3) is 8.87. The van der Waals surface area contributed by atoms with Gasteiger partial charge in [0, 0.05) is 73.6 Å². The first-order valence-corrected chi connectivity index (χ1v) is 29.1. The summed E-state index contributed by atoms with van der Waals surface area (Å²) in [5, 5.41) is 4.70. The number of hydrogen-bond donors (Lipinski definition) is 0. The van der Waals surface area contributed by atoms with E-state index in [1.807, 2.05) is 0 Å². The number of aromatic nitrogens is 1. The van der Waals surface area contributed by atoms with E-state index >= 15 is 0 Å². The molecule has 0 fully saturated rings. The van der Waals surface area contributed by atoms with Crippen LogP contribution in [0.15, 0.2) is 278 Å². The van der Waals surface area contributed by atoms with Crippen molar-refractivity contribution in [1.82, 2.24) is 4.57 Å². The zero-order valence-electron chi connectivity index (χ0n) is 47.5. The normalized spacial score (nSPS) is 15.7. The Labute approximate surface area is 487 Å². The predicted molar refractivity (Wildman–Crippen MR) is 357 cm³/mol. The summed E-state index contributed by atoms with van der Waals surface area (Å²) >= 11 is 0. The number of benzene rings is 10. The van der Waals surface area contributed by atoms with E-state index in [1.165, 1.54) is 66.1 Å². The fourth-order valence-electron chi connectivity index (χ4n) is 13.6. The van der Waals surface area contributed by atoms with Crippen molar-refractivity contribution in [3.05, 3.63) is 285 Å². The quantitative estimate of drug-likeness (QED) is 0.0953. The van der Waals surface area contributed by atoms with Crippen LogP contribution in [0, 0.1) is 5.92 Å². The topological polar surface area (TPSA) is 24.6 Å². The summed E-state index contributed by atoms with van der Waals surface area (Å²) in [6.45, 7) is 16.4. The Morgan fingerprint density at radius 3 is 1.93 bits per heavy atom. The van der Waals surface area contributed by atoms with Crippen molar-refractivity contribution >= 4 is 101 Å². The maximum Gasteiger partial charge on any atom is 0.220 e. The van der Waals surface area contributed by atoms with Gasteiger partial charge in [-0.2, -0.15) is 0 Å². The highest BCUT2D eigenvalue weighted by Crippen LogP contribution is 2.49. The lowest BCUT2D eigenvalue weighted by molar-refractivity contribution is 0.420. The Bertz CT molecular complexity index is 4540. The van der Waals surface area contributed by atoms with Gasteiger partial charge in [0.05, 0.1) is 6.04 Å². The molecule has 0 bridgehead atoms. The molecule has 3 heterocycles. The molecule has 0 saturated heterocycles. The molecule has 4 nitrogen and oxygen atoms in total. The minimum absolute atomic E-state index is 0.0510. The standard InChI is InChI=1S/C78H64BN3O/c1-7-70(82-71-36-21-18-31-64(71)65-32-19-22-37-72(65)82)53(4)54(5)79-69-47-58(56-29-16-11-17-30-56)41-46-73(69)81(60-42-39-57(40-43-60)55-27-14-10-15-28-55)75-49-59(63-34-24-35-67-66-33-20-23-38-76(66)83-78(63)67)48-74(77(75)79)80(6)61-44-45-62-51(2)25-12-8-9-13-26-52(3)68(62)50-61/h7-8,10-50,53-54,70H,1,3,9H2,2,4-6H3/b12-8-,26-13-,51-25+/t53-,54-,70?/m1/s1. The lowest BCUT2D eigenvalue weighted by Gasteiger charge is -2.43. The molecule has 0 spiro atoms. The lowest BCUT2D eigenvalue weighted by Crippen LogP contribution is -2.55. The van der Waals surface area contributed by atoms with E-state index < -0.39 is 0 Å². The summed E-state index contributed by atoms with van der Waals surface area (Å²) in [4.78, 5) is 4.99. The van der Waals surface area contributed by atoms with Gasteiger partial charge in [-0.15, -0.1) is 6.58 Å². The first-order chi connectivity index (χ1) is 40.7. The number of anilines is 5. The molecule has 0 saturated carbocycles. The fraction of sp³-hybridized carbons (Fsp3) is 0.103. The molecule has 0 N–H and O–H groups in total. The first kappa shape index (κ1) is 51.3. The molecule has 1 aliphatic heterocycles. The van der Waals surface area contributed by atoms with Crippen LogP contribution in [0.4, 0.5) is 28.4 Å². The van der Waals surface area contributed by atoms with Gasteiger partial charge < -0.3 is 18.8 Å². The van der Waals surface area contributed by atoms with Crippen LogP contribution in [-0.2, 0) is 0 Å². The van der Waals surface area contributed by atoms with Gasteiger partial charge in [0.25, 0.3) is 0 Å². The number of rotatable bonds is 11. The van der Waals surface area contributed by atoms with Crippen LogP contribution >= 0.6 is 0 Å². The van der Waals surface area contributed by atoms with Crippen LogP contribution in [0.2, 0.25) is 5.82 Å². The lowest BCUT2D eigenvalue weighted by atomic mass is 9.30. The van der Waals surface area contributed by atoms with Crippen molar-refractivity contribution < 1.29 is 4.42 Å². The Hall–Kier alpha value is -9.84. The second-order valence-electron chi connectivity index (χ2n) is 22.7. The molecule has 2 aromatic heterocycles. The Kier molecular flexibility index (Phi) is 13.1. The average Bonchev–Trinajstić information content (AvgIpc) is 3.94. The number of allylic oxidation sites excluding steroid dienone is 8. The minimum Gasteiger partial charge on any atom is -0.455 e. The molecule has 1 aliphatic carbocycles. The molecule has 3 atom stereocenters. The molecule has 400 valence electrons. The van der Waals surface area contributed by atoms with E-state index in [4.69, 9.17) is 4.42 Å². The molecular weight excluding hydrogens is 1010 g/mol. The number of hydrogen-bond acceptors (Lipinski definition) is 3. The van der Waals surface area contributed by atoms with Gasteiger partial charge in [0.15, 0.2) is 0 Å². The van der Waals surface area contributed by atoms with Crippen LogP contribution in [0.1, 0.15) is 44.4 Å². The van der Waals surface area contributed by atoms with E-state index in [9.17, 15) is 0 Å². The first-order valence-electron chi connectivity index (χ1n) is 29.1. The number of para-hydroxylation sites is 4. The highest BCUT2D eigenvalue weighted by Gasteiger charge is 2.44. The maximum absolute atomic E-state index is 6.93. The third-order valence-electron chi connectivity index (χ3n) is 18.0. The second kappa shape index (κ2) is 21.2. The molecule has 5 heteroatoms. The van der Waals surface area contributed by atoms with Gasteiger partial charge in [-0.1, -0.05) is 226 Å². The molecule has 2 aliphatic rings. The molecule has 12 aromatic rings. The van der Waals surface area contributed by atoms with Crippen LogP contribution in [0.5, 0.6) is 0 Å². The van der Waals surface area contributed by atoms with E-state index in [-0.39, 0.29) is 24.5 Å². The van der Waals surface area contributed by atoms with Crippen LogP contribution < -0.4 is 20.7 Å². The van der Waals surface area contributed by atoms with E-state index in [2.05, 4.69) is 316 Å². The predicted octanol–water partition coefficient (Wildman–Crippen LogP) is 20.2. The second-order valence-corrected chi connectivity index (χ2v) is 22.7. The summed E-state index contributed by atoms with van der Waals surface area (Å²) in [6.07, 6.45) is 14.0. The van der Waals surface area contributed by atoms with Crippen molar-refractivity contribution in [3.8, 4) is 33.4 Å². The van der Waals surface area contributed by atoms with Crippen molar-refractivity contribution in [1.29, 1.82) is 0 Å². The Balaban J connectivity index is 1.06. The van der Waals surface area contributed by atoms with Gasteiger partial charge in [0.1, 0.15) is 11.2 Å². The number of fused-ring (bicyclic) bond motifs is 9. The summed E-state index contributed by atoms with van der Waals surface area (Å²) in [7, 11) is 2.26. The summed E-state index contributed by atoms with van der Waals surface area (Å²) in [5.74, 6) is 0.134. The molecule has 10 aromatic carbocycles. The van der Waals surface area contributed by atoms with E-state index in [1.54, 1.807) is 0 Å². The SMILES string of the molecule is C=CC([C@H](C)[C@@H](C)B1c2cc(-c3ccccc3)ccc2N(c2ccc(-c3ccccc3)cc2)c2cc(-c3cccc4c3oc3ccccc34)cc(N(C)c3ccc4c(c3)C(=C)/C=C\C/C=C\C=C\4C)c21)n1c2ccccc2c2ccccc21. The van der Waals surface area contributed by atoms with Crippen LogP contribution in [-0.4, -0.2) is 18.3 Å². The van der Waals surface area contributed by atoms with E-state index in [0.717, 1.165) is 79.1 Å². The van der Waals surface area contributed by atoms with Gasteiger partial charge in [0.2, 0.25) is 6.71 Å². The molecule has 83 heavy (non-hydrogen) atoms. The average molecular weight is 1070 g/mol. The number of nitrogens with zero attached hydrogens (tertiary/aromatic N) is 3. The van der Waals surface area contributed by atoms with Gasteiger partial charge in [-0.25, -0.2) is 0 Å². The molecule has 0 radical (unpaired) electrons.